The van der Waals surface area contributed by atoms with Crippen LogP contribution in [0.4, 0.5) is 0 Å². The fourth-order valence-corrected chi connectivity index (χ4v) is 2.76. The molecule has 1 unspecified atom stereocenters. The second kappa shape index (κ2) is 5.00. The Balaban J connectivity index is 2.30. The minimum atomic E-state index is 0.382. The molecule has 0 saturated heterocycles. The molecule has 1 heterocycles. The highest BCUT2D eigenvalue weighted by Gasteiger charge is 2.06. The molecule has 1 aromatic carbocycles. The summed E-state index contributed by atoms with van der Waals surface area (Å²) in [6.07, 6.45) is 0. The molecule has 0 saturated carbocycles. The van der Waals surface area contributed by atoms with Crippen molar-refractivity contribution < 1.29 is 0 Å². The summed E-state index contributed by atoms with van der Waals surface area (Å²) in [6, 6.07) is 10.9. The van der Waals surface area contributed by atoms with E-state index in [1.807, 2.05) is 18.5 Å². The average Bonchev–Trinajstić information content (AvgIpc) is 2.75. The SMILES string of the molecule is CNC(C)c1ccc(-c2sccc2Cl)cc1. The lowest BCUT2D eigenvalue weighted by Crippen LogP contribution is -2.11. The van der Waals surface area contributed by atoms with Gasteiger partial charge in [0, 0.05) is 6.04 Å². The first-order chi connectivity index (χ1) is 7.72. The van der Waals surface area contributed by atoms with Gasteiger partial charge < -0.3 is 5.32 Å². The van der Waals surface area contributed by atoms with E-state index >= 15 is 0 Å². The predicted octanol–water partition coefficient (Wildman–Crippen LogP) is 4.35. The summed E-state index contributed by atoms with van der Waals surface area (Å²) in [5.74, 6) is 0. The Morgan fingerprint density at radius 2 is 1.88 bits per heavy atom. The monoisotopic (exact) mass is 251 g/mol. The third-order valence-electron chi connectivity index (χ3n) is 2.72. The van der Waals surface area contributed by atoms with Crippen LogP contribution in [-0.4, -0.2) is 7.05 Å². The molecule has 2 rings (SSSR count). The van der Waals surface area contributed by atoms with Gasteiger partial charge >= 0.3 is 0 Å². The van der Waals surface area contributed by atoms with E-state index in [4.69, 9.17) is 11.6 Å². The minimum absolute atomic E-state index is 0.382. The fraction of sp³-hybridized carbons (Fsp3) is 0.231. The summed E-state index contributed by atoms with van der Waals surface area (Å²) >= 11 is 7.78. The first kappa shape index (κ1) is 11.6. The smallest absolute Gasteiger partial charge is 0.0592 e. The molecule has 0 radical (unpaired) electrons. The summed E-state index contributed by atoms with van der Waals surface area (Å²) in [4.78, 5) is 1.14. The van der Waals surface area contributed by atoms with E-state index in [1.54, 1.807) is 11.3 Å². The lowest BCUT2D eigenvalue weighted by molar-refractivity contribution is 0.652. The van der Waals surface area contributed by atoms with Gasteiger partial charge in [-0.1, -0.05) is 35.9 Å². The largest absolute Gasteiger partial charge is 0.313 e. The van der Waals surface area contributed by atoms with E-state index in [1.165, 1.54) is 11.1 Å². The van der Waals surface area contributed by atoms with Gasteiger partial charge in [0.15, 0.2) is 0 Å². The van der Waals surface area contributed by atoms with Crippen molar-refractivity contribution >= 4 is 22.9 Å². The highest BCUT2D eigenvalue weighted by Crippen LogP contribution is 2.33. The van der Waals surface area contributed by atoms with Gasteiger partial charge in [-0.3, -0.25) is 0 Å². The van der Waals surface area contributed by atoms with Crippen LogP contribution in [0.5, 0.6) is 0 Å². The van der Waals surface area contributed by atoms with E-state index in [-0.39, 0.29) is 0 Å². The van der Waals surface area contributed by atoms with Crippen LogP contribution in [0.25, 0.3) is 10.4 Å². The van der Waals surface area contributed by atoms with Gasteiger partial charge in [0.25, 0.3) is 0 Å². The Morgan fingerprint density at radius 3 is 2.38 bits per heavy atom. The maximum absolute atomic E-state index is 6.10. The molecule has 1 atom stereocenters. The van der Waals surface area contributed by atoms with Crippen LogP contribution in [0.1, 0.15) is 18.5 Å². The first-order valence-electron chi connectivity index (χ1n) is 5.23. The molecule has 84 valence electrons. The molecule has 0 spiro atoms. The van der Waals surface area contributed by atoms with Crippen molar-refractivity contribution in [2.45, 2.75) is 13.0 Å². The van der Waals surface area contributed by atoms with Gasteiger partial charge in [0.05, 0.1) is 9.90 Å². The zero-order valence-electron chi connectivity index (χ0n) is 9.33. The molecule has 0 amide bonds. The molecule has 0 fully saturated rings. The number of hydrogen-bond acceptors (Lipinski definition) is 2. The second-order valence-electron chi connectivity index (χ2n) is 3.73. The van der Waals surface area contributed by atoms with Crippen LogP contribution >= 0.6 is 22.9 Å². The third kappa shape index (κ3) is 2.29. The third-order valence-corrected chi connectivity index (χ3v) is 4.11. The minimum Gasteiger partial charge on any atom is -0.313 e. The Labute approximate surface area is 105 Å². The molecule has 0 bridgehead atoms. The van der Waals surface area contributed by atoms with Crippen molar-refractivity contribution in [2.24, 2.45) is 0 Å². The van der Waals surface area contributed by atoms with Crippen molar-refractivity contribution in [3.8, 4) is 10.4 Å². The normalized spacial score (nSPS) is 12.7. The Hall–Kier alpha value is -0.830. The van der Waals surface area contributed by atoms with E-state index < -0.39 is 0 Å². The molecule has 16 heavy (non-hydrogen) atoms. The molecular weight excluding hydrogens is 238 g/mol. The molecule has 2 aromatic rings. The van der Waals surface area contributed by atoms with Gasteiger partial charge in [0.2, 0.25) is 0 Å². The maximum atomic E-state index is 6.10. The summed E-state index contributed by atoms with van der Waals surface area (Å²) in [5.41, 5.74) is 2.48. The summed E-state index contributed by atoms with van der Waals surface area (Å²) in [7, 11) is 1.97. The Bertz CT molecular complexity index is 461. The molecule has 0 aliphatic heterocycles. The number of thiophene rings is 1. The number of rotatable bonds is 3. The number of hydrogen-bond donors (Lipinski definition) is 1. The van der Waals surface area contributed by atoms with Crippen LogP contribution < -0.4 is 5.32 Å². The lowest BCUT2D eigenvalue weighted by atomic mass is 10.1. The zero-order chi connectivity index (χ0) is 11.5. The first-order valence-corrected chi connectivity index (χ1v) is 6.48. The van der Waals surface area contributed by atoms with Crippen LogP contribution in [0.3, 0.4) is 0 Å². The Morgan fingerprint density at radius 1 is 1.19 bits per heavy atom. The quantitative estimate of drug-likeness (QED) is 0.855. The summed E-state index contributed by atoms with van der Waals surface area (Å²) < 4.78 is 0. The molecular formula is C13H14ClNS. The predicted molar refractivity (Wildman–Crippen MR) is 72.2 cm³/mol. The van der Waals surface area contributed by atoms with Crippen molar-refractivity contribution in [1.82, 2.24) is 5.32 Å². The van der Waals surface area contributed by atoms with Gasteiger partial charge in [-0.2, -0.15) is 0 Å². The van der Waals surface area contributed by atoms with E-state index in [0.717, 1.165) is 9.90 Å². The van der Waals surface area contributed by atoms with Gasteiger partial charge in [-0.25, -0.2) is 0 Å². The fourth-order valence-electron chi connectivity index (χ4n) is 1.59. The number of halogens is 1. The Kier molecular flexibility index (Phi) is 3.64. The molecule has 1 nitrogen and oxygen atoms in total. The van der Waals surface area contributed by atoms with Crippen LogP contribution in [0, 0.1) is 0 Å². The van der Waals surface area contributed by atoms with Gasteiger partial charge in [-0.05, 0) is 36.5 Å². The summed E-state index contributed by atoms with van der Waals surface area (Å²) in [6.45, 7) is 2.15. The van der Waals surface area contributed by atoms with E-state index in [9.17, 15) is 0 Å². The van der Waals surface area contributed by atoms with Crippen molar-refractivity contribution in [3.63, 3.8) is 0 Å². The van der Waals surface area contributed by atoms with Crippen LogP contribution in [0.15, 0.2) is 35.7 Å². The number of benzene rings is 1. The van der Waals surface area contributed by atoms with Crippen LogP contribution in [0.2, 0.25) is 5.02 Å². The molecule has 0 aliphatic rings. The average molecular weight is 252 g/mol. The lowest BCUT2D eigenvalue weighted by Gasteiger charge is -2.10. The summed E-state index contributed by atoms with van der Waals surface area (Å²) in [5, 5.41) is 6.07. The number of nitrogens with one attached hydrogen (secondary N) is 1. The standard InChI is InChI=1S/C13H14ClNS/c1-9(15-2)10-3-5-11(6-4-10)13-12(14)7-8-16-13/h3-9,15H,1-2H3. The molecule has 0 aliphatic carbocycles. The highest BCUT2D eigenvalue weighted by atomic mass is 35.5. The topological polar surface area (TPSA) is 12.0 Å². The zero-order valence-corrected chi connectivity index (χ0v) is 10.9. The highest BCUT2D eigenvalue weighted by molar-refractivity contribution is 7.14. The van der Waals surface area contributed by atoms with Gasteiger partial charge in [0.1, 0.15) is 0 Å². The van der Waals surface area contributed by atoms with Crippen molar-refractivity contribution in [3.05, 3.63) is 46.3 Å². The van der Waals surface area contributed by atoms with E-state index in [2.05, 4.69) is 36.5 Å². The van der Waals surface area contributed by atoms with Crippen LogP contribution in [-0.2, 0) is 0 Å². The second-order valence-corrected chi connectivity index (χ2v) is 5.05. The van der Waals surface area contributed by atoms with E-state index in [0.29, 0.717) is 6.04 Å². The van der Waals surface area contributed by atoms with Crippen molar-refractivity contribution in [1.29, 1.82) is 0 Å². The molecule has 3 heteroatoms. The molecule has 1 N–H and O–H groups in total. The van der Waals surface area contributed by atoms with Crippen molar-refractivity contribution in [2.75, 3.05) is 7.05 Å². The maximum Gasteiger partial charge on any atom is 0.0592 e. The van der Waals surface area contributed by atoms with Gasteiger partial charge in [-0.15, -0.1) is 11.3 Å². The molecule has 1 aromatic heterocycles.